The van der Waals surface area contributed by atoms with E-state index in [1.807, 2.05) is 0 Å². The van der Waals surface area contributed by atoms with Crippen molar-refractivity contribution in [3.8, 4) is 23.0 Å². The molecule has 1 amide bonds. The number of halogens is 6. The van der Waals surface area contributed by atoms with Crippen molar-refractivity contribution in [2.45, 2.75) is 72.1 Å². The maximum absolute atomic E-state index is 16.7. The van der Waals surface area contributed by atoms with Crippen molar-refractivity contribution in [1.29, 1.82) is 0 Å². The summed E-state index contributed by atoms with van der Waals surface area (Å²) in [6, 6.07) is 0.302. The molecule has 4 rings (SSSR count). The lowest BCUT2D eigenvalue weighted by Crippen LogP contribution is -2.41. The molecule has 2 heterocycles. The van der Waals surface area contributed by atoms with Gasteiger partial charge in [0.2, 0.25) is 5.91 Å². The number of aromatic nitrogens is 1. The van der Waals surface area contributed by atoms with Crippen LogP contribution in [0.3, 0.4) is 0 Å². The normalized spacial score (nSPS) is 14.5. The lowest BCUT2D eigenvalue weighted by molar-refractivity contribution is -0.139. The Hall–Kier alpha value is -4.57. The third-order valence-corrected chi connectivity index (χ3v) is 8.32. The Morgan fingerprint density at radius 2 is 1.69 bits per heavy atom. The summed E-state index contributed by atoms with van der Waals surface area (Å²) in [5, 5.41) is 12.1. The number of aryl methyl sites for hydroxylation is 2. The first-order valence-corrected chi connectivity index (χ1v) is 15.6. The van der Waals surface area contributed by atoms with Crippen molar-refractivity contribution in [2.24, 2.45) is 11.8 Å². The Balaban J connectivity index is 1.87. The fourth-order valence-corrected chi connectivity index (χ4v) is 6.17. The highest BCUT2D eigenvalue weighted by Gasteiger charge is 2.37. The van der Waals surface area contributed by atoms with Gasteiger partial charge in [0.05, 0.1) is 31.2 Å². The number of pyridine rings is 1. The predicted octanol–water partition coefficient (Wildman–Crippen LogP) is 7.05. The zero-order chi connectivity index (χ0) is 36.4. The van der Waals surface area contributed by atoms with Crippen molar-refractivity contribution in [2.75, 3.05) is 13.2 Å². The second-order valence-electron chi connectivity index (χ2n) is 12.7. The summed E-state index contributed by atoms with van der Waals surface area (Å²) in [5.41, 5.74) is -2.90. The van der Waals surface area contributed by atoms with Crippen LogP contribution in [0.2, 0.25) is 0 Å². The van der Waals surface area contributed by atoms with E-state index >= 15 is 8.78 Å². The first-order valence-electron chi connectivity index (χ1n) is 15.6. The van der Waals surface area contributed by atoms with Gasteiger partial charge in [0.25, 0.3) is 5.56 Å². The zero-order valence-electron chi connectivity index (χ0n) is 27.5. The number of ether oxygens (including phenoxy) is 1. The number of carbonyl (C=O) groups is 2. The van der Waals surface area contributed by atoms with Crippen LogP contribution >= 0.6 is 0 Å². The van der Waals surface area contributed by atoms with Gasteiger partial charge in [-0.15, -0.1) is 5.92 Å². The number of benzene rings is 2. The lowest BCUT2D eigenvalue weighted by Gasteiger charge is -2.29. The minimum Gasteiger partial charge on any atom is -0.481 e. The molecule has 1 aliphatic heterocycles. The number of alkyl halides is 3. The largest absolute Gasteiger partial charge is 0.481 e. The van der Waals surface area contributed by atoms with E-state index in [2.05, 4.69) is 17.2 Å². The zero-order valence-corrected chi connectivity index (χ0v) is 27.5. The van der Waals surface area contributed by atoms with E-state index in [-0.39, 0.29) is 71.3 Å². The Morgan fingerprint density at radius 3 is 2.20 bits per heavy atom. The molecule has 0 unspecified atom stereocenters. The summed E-state index contributed by atoms with van der Waals surface area (Å²) >= 11 is 0. The molecule has 0 radical (unpaired) electrons. The number of carbonyl (C=O) groups excluding carboxylic acids is 1. The van der Waals surface area contributed by atoms with E-state index in [0.29, 0.717) is 6.07 Å². The number of amides is 1. The van der Waals surface area contributed by atoms with Crippen LogP contribution in [0, 0.1) is 55.0 Å². The van der Waals surface area contributed by atoms with Crippen molar-refractivity contribution in [3.63, 3.8) is 0 Å². The molecule has 2 N–H and O–H groups in total. The van der Waals surface area contributed by atoms with Crippen LogP contribution in [0.5, 0.6) is 0 Å². The molecule has 2 aromatic carbocycles. The number of hydrogen-bond donors (Lipinski definition) is 2. The molecule has 0 aliphatic carbocycles. The van der Waals surface area contributed by atoms with Gasteiger partial charge in [-0.25, -0.2) is 13.2 Å². The van der Waals surface area contributed by atoms with E-state index < -0.39 is 70.7 Å². The van der Waals surface area contributed by atoms with Gasteiger partial charge in [-0.1, -0.05) is 19.8 Å². The Labute approximate surface area is 279 Å². The molecule has 0 bridgehead atoms. The highest BCUT2D eigenvalue weighted by atomic mass is 19.4. The molecular weight excluding hydrogens is 654 g/mol. The van der Waals surface area contributed by atoms with Gasteiger partial charge < -0.3 is 19.7 Å². The van der Waals surface area contributed by atoms with Gasteiger partial charge in [-0.2, -0.15) is 13.2 Å². The van der Waals surface area contributed by atoms with Crippen LogP contribution in [0.4, 0.5) is 26.3 Å². The van der Waals surface area contributed by atoms with Crippen LogP contribution in [0.15, 0.2) is 35.3 Å². The number of nitrogens with one attached hydrogen (secondary N) is 1. The van der Waals surface area contributed by atoms with E-state index in [9.17, 15) is 37.1 Å². The fraction of sp³-hybridized carbons (Fsp3) is 0.417. The van der Waals surface area contributed by atoms with Gasteiger partial charge in [-0.05, 0) is 80.0 Å². The van der Waals surface area contributed by atoms with Crippen molar-refractivity contribution in [3.05, 3.63) is 91.6 Å². The monoisotopic (exact) mass is 690 g/mol. The summed E-state index contributed by atoms with van der Waals surface area (Å²) in [4.78, 5) is 39.1. The molecule has 7 nitrogen and oxygen atoms in total. The number of carboxylic acid groups (broad SMARTS) is 1. The van der Waals surface area contributed by atoms with Gasteiger partial charge >= 0.3 is 12.1 Å². The van der Waals surface area contributed by atoms with Crippen LogP contribution in [-0.2, 0) is 26.9 Å². The van der Waals surface area contributed by atoms with Crippen molar-refractivity contribution >= 4 is 11.9 Å². The molecule has 1 aliphatic rings. The maximum atomic E-state index is 16.7. The summed E-state index contributed by atoms with van der Waals surface area (Å²) < 4.78 is 94.5. The fourth-order valence-electron chi connectivity index (χ4n) is 6.17. The van der Waals surface area contributed by atoms with E-state index in [0.717, 1.165) is 29.0 Å². The Bertz CT molecular complexity index is 1860. The Morgan fingerprint density at radius 1 is 1.06 bits per heavy atom. The highest BCUT2D eigenvalue weighted by molar-refractivity contribution is 5.83. The molecule has 3 aromatic rings. The number of carboxylic acids is 1. The third kappa shape index (κ3) is 8.36. The first-order chi connectivity index (χ1) is 22.9. The van der Waals surface area contributed by atoms with Crippen molar-refractivity contribution in [1.82, 2.24) is 9.88 Å². The van der Waals surface area contributed by atoms with Crippen LogP contribution in [0.1, 0.15) is 79.1 Å². The van der Waals surface area contributed by atoms with Gasteiger partial charge in [0, 0.05) is 34.9 Å². The minimum atomic E-state index is -4.86. The standard InChI is InChI=1S/C36H36F6N2O5/c1-6-7-22-12-26(38)33(34(39)32(22)31-19(4)9-24(37)10-20(31)5)27(14-30(46)47)43-35(48)28(8-18(2)3)44-15-23(11-21-16-49-17-21)25(13-29(44)45)36(40,41)42/h9-10,12-13,15,18,21,27-28H,8,11,14,16-17H2,1-5H3,(H,43,48)(H,46,47)/t27-,28+/m1/s1. The van der Waals surface area contributed by atoms with E-state index in [1.165, 1.54) is 20.8 Å². The first kappa shape index (κ1) is 37.3. The number of aliphatic carboxylic acids is 1. The molecule has 13 heteroatoms. The molecule has 1 aromatic heterocycles. The number of rotatable bonds is 11. The molecule has 0 saturated carbocycles. The summed E-state index contributed by atoms with van der Waals surface area (Å²) in [6.45, 7) is 8.31. The van der Waals surface area contributed by atoms with Gasteiger partial charge in [0.1, 0.15) is 23.5 Å². The molecule has 1 fully saturated rings. The summed E-state index contributed by atoms with van der Waals surface area (Å²) in [6.07, 6.45) is -5.05. The van der Waals surface area contributed by atoms with Crippen molar-refractivity contribution < 1.29 is 45.8 Å². The number of hydrogen-bond acceptors (Lipinski definition) is 4. The van der Waals surface area contributed by atoms with Crippen LogP contribution in [0.25, 0.3) is 11.1 Å². The molecule has 1 saturated heterocycles. The second kappa shape index (κ2) is 14.9. The number of nitrogens with zero attached hydrogens (tertiary/aromatic N) is 1. The molecule has 2 atom stereocenters. The minimum absolute atomic E-state index is 0.0821. The highest BCUT2D eigenvalue weighted by Crippen LogP contribution is 2.39. The topological polar surface area (TPSA) is 97.6 Å². The SMILES string of the molecule is CC#Cc1cc(F)c([C@@H](CC(=O)O)NC(=O)[C@H](CC(C)C)n2cc(CC3COC3)c(C(F)(F)F)cc2=O)c(F)c1-c1c(C)cc(F)cc1C. The maximum Gasteiger partial charge on any atom is 0.416 e. The predicted molar refractivity (Wildman–Crippen MR) is 169 cm³/mol. The molecule has 49 heavy (non-hydrogen) atoms. The van der Waals surface area contributed by atoms with Gasteiger partial charge in [-0.3, -0.25) is 14.4 Å². The Kier molecular flexibility index (Phi) is 11.3. The van der Waals surface area contributed by atoms with Crippen LogP contribution < -0.4 is 10.9 Å². The second-order valence-corrected chi connectivity index (χ2v) is 12.7. The summed E-state index contributed by atoms with van der Waals surface area (Å²) in [5.74, 6) is -0.962. The molecular formula is C36H36F6N2O5. The third-order valence-electron chi connectivity index (χ3n) is 8.32. The smallest absolute Gasteiger partial charge is 0.416 e. The molecule has 262 valence electrons. The van der Waals surface area contributed by atoms with Crippen LogP contribution in [-0.4, -0.2) is 34.8 Å². The lowest BCUT2D eigenvalue weighted by atomic mass is 9.88. The van der Waals surface area contributed by atoms with E-state index in [1.54, 1.807) is 13.8 Å². The average molecular weight is 691 g/mol. The van der Waals surface area contributed by atoms with E-state index in [4.69, 9.17) is 4.74 Å². The summed E-state index contributed by atoms with van der Waals surface area (Å²) in [7, 11) is 0. The average Bonchev–Trinajstić information content (AvgIpc) is 2.94. The van der Waals surface area contributed by atoms with Gasteiger partial charge in [0.15, 0.2) is 0 Å². The molecule has 0 spiro atoms. The quantitative estimate of drug-likeness (QED) is 0.166.